The Kier molecular flexibility index (Phi) is 5.18. The minimum Gasteiger partial charge on any atom is -0.343 e. The minimum absolute atomic E-state index is 0.113. The Labute approximate surface area is 189 Å². The molecule has 5 rings (SSSR count). The average Bonchev–Trinajstić information content (AvgIpc) is 3.14. The second-order valence-electron chi connectivity index (χ2n) is 9.37. The molecule has 32 heavy (non-hydrogen) atoms. The molecule has 0 aliphatic carbocycles. The Morgan fingerprint density at radius 3 is 2.44 bits per heavy atom. The predicted molar refractivity (Wildman–Crippen MR) is 124 cm³/mol. The topological polar surface area (TPSA) is 59.1 Å². The van der Waals surface area contributed by atoms with Crippen LogP contribution in [0.5, 0.6) is 0 Å². The van der Waals surface area contributed by atoms with Gasteiger partial charge in [-0.3, -0.25) is 19.9 Å². The standard InChI is InChI=1S/C25H31N5O2/c1-16-7-5-8-19(12-16)15-30-23(31)21-22(27(4)25(30)32)26-24-28(9-6-10-29(21)24)20-13-17(2)11-18(3)14-20/h5,7-8,11-14,21-22,24,26H,6,9-10,15H2,1-4H3. The van der Waals surface area contributed by atoms with Crippen LogP contribution in [0.2, 0.25) is 0 Å². The highest BCUT2D eigenvalue weighted by molar-refractivity contribution is 6.00. The van der Waals surface area contributed by atoms with Gasteiger partial charge in [-0.15, -0.1) is 0 Å². The van der Waals surface area contributed by atoms with E-state index in [4.69, 9.17) is 0 Å². The van der Waals surface area contributed by atoms with Gasteiger partial charge < -0.3 is 9.80 Å². The molecule has 0 radical (unpaired) electrons. The summed E-state index contributed by atoms with van der Waals surface area (Å²) in [6.45, 7) is 8.28. The maximum Gasteiger partial charge on any atom is 0.328 e. The molecule has 3 fully saturated rings. The van der Waals surface area contributed by atoms with Gasteiger partial charge in [0.05, 0.1) is 6.54 Å². The highest BCUT2D eigenvalue weighted by atomic mass is 16.2. The summed E-state index contributed by atoms with van der Waals surface area (Å²) in [5, 5.41) is 3.60. The van der Waals surface area contributed by atoms with Crippen LogP contribution in [0, 0.1) is 20.8 Å². The number of rotatable bonds is 3. The molecule has 0 spiro atoms. The number of amides is 3. The highest BCUT2D eigenvalue weighted by Crippen LogP contribution is 2.34. The largest absolute Gasteiger partial charge is 0.343 e. The van der Waals surface area contributed by atoms with Crippen LogP contribution in [0.15, 0.2) is 42.5 Å². The van der Waals surface area contributed by atoms with Gasteiger partial charge in [0.1, 0.15) is 18.5 Å². The van der Waals surface area contributed by atoms with E-state index in [0.29, 0.717) is 6.54 Å². The molecule has 2 aromatic carbocycles. The molecule has 0 saturated carbocycles. The molecule has 3 saturated heterocycles. The lowest BCUT2D eigenvalue weighted by Gasteiger charge is -2.44. The van der Waals surface area contributed by atoms with E-state index >= 15 is 0 Å². The van der Waals surface area contributed by atoms with Crippen molar-refractivity contribution in [3.05, 3.63) is 64.7 Å². The van der Waals surface area contributed by atoms with Gasteiger partial charge in [0.25, 0.3) is 5.91 Å². The van der Waals surface area contributed by atoms with Crippen LogP contribution in [0.1, 0.15) is 28.7 Å². The number of nitrogens with zero attached hydrogens (tertiary/aromatic N) is 4. The van der Waals surface area contributed by atoms with Gasteiger partial charge in [0, 0.05) is 25.8 Å². The molecular formula is C25H31N5O2. The van der Waals surface area contributed by atoms with Crippen LogP contribution < -0.4 is 10.2 Å². The number of likely N-dealkylation sites (N-methyl/N-ethyl adjacent to an activating group) is 1. The number of imide groups is 1. The number of aryl methyl sites for hydroxylation is 3. The fraction of sp³-hybridized carbons (Fsp3) is 0.440. The number of nitrogens with one attached hydrogen (secondary N) is 1. The second-order valence-corrected chi connectivity index (χ2v) is 9.37. The summed E-state index contributed by atoms with van der Waals surface area (Å²) in [6, 6.07) is 13.9. The van der Waals surface area contributed by atoms with Crippen molar-refractivity contribution < 1.29 is 9.59 Å². The van der Waals surface area contributed by atoms with Gasteiger partial charge in [-0.2, -0.15) is 0 Å². The van der Waals surface area contributed by atoms with E-state index in [9.17, 15) is 9.59 Å². The summed E-state index contributed by atoms with van der Waals surface area (Å²) in [6.07, 6.45) is 0.523. The van der Waals surface area contributed by atoms with Crippen molar-refractivity contribution in [1.82, 2.24) is 20.0 Å². The van der Waals surface area contributed by atoms with Crippen LogP contribution in [-0.4, -0.2) is 65.3 Å². The SMILES string of the molecule is Cc1cccc(CN2C(=O)C3C(NC4N(c5cc(C)cc(C)c5)CCCN34)N(C)C2=O)c1. The molecule has 3 aliphatic rings. The number of carbonyl (C=O) groups excluding carboxylic acids is 2. The summed E-state index contributed by atoms with van der Waals surface area (Å²) in [7, 11) is 1.79. The molecule has 2 aromatic rings. The average molecular weight is 434 g/mol. The van der Waals surface area contributed by atoms with Crippen LogP contribution in [-0.2, 0) is 11.3 Å². The molecule has 3 aliphatic heterocycles. The zero-order valence-electron chi connectivity index (χ0n) is 19.2. The summed E-state index contributed by atoms with van der Waals surface area (Å²) in [5.74, 6) is -0.114. The zero-order chi connectivity index (χ0) is 22.6. The van der Waals surface area contributed by atoms with Gasteiger partial charge in [0.2, 0.25) is 0 Å². The summed E-state index contributed by atoms with van der Waals surface area (Å²) in [5.41, 5.74) is 5.69. The molecule has 7 heteroatoms. The van der Waals surface area contributed by atoms with E-state index in [1.54, 1.807) is 11.9 Å². The maximum atomic E-state index is 13.6. The predicted octanol–water partition coefficient (Wildman–Crippen LogP) is 2.80. The highest BCUT2D eigenvalue weighted by Gasteiger charge is 2.56. The van der Waals surface area contributed by atoms with Crippen molar-refractivity contribution in [2.75, 3.05) is 25.0 Å². The van der Waals surface area contributed by atoms with Crippen molar-refractivity contribution in [2.24, 2.45) is 0 Å². The van der Waals surface area contributed by atoms with E-state index < -0.39 is 0 Å². The first-order valence-corrected chi connectivity index (χ1v) is 11.3. The Bertz CT molecular complexity index is 1050. The van der Waals surface area contributed by atoms with Gasteiger partial charge >= 0.3 is 6.03 Å². The Morgan fingerprint density at radius 1 is 0.969 bits per heavy atom. The molecule has 7 nitrogen and oxygen atoms in total. The molecule has 3 amide bonds. The minimum atomic E-state index is -0.388. The van der Waals surface area contributed by atoms with Crippen LogP contribution in [0.4, 0.5) is 10.5 Å². The maximum absolute atomic E-state index is 13.6. The monoisotopic (exact) mass is 433 g/mol. The van der Waals surface area contributed by atoms with Crippen molar-refractivity contribution >= 4 is 17.6 Å². The van der Waals surface area contributed by atoms with Gasteiger partial charge in [-0.25, -0.2) is 4.79 Å². The van der Waals surface area contributed by atoms with Crippen LogP contribution >= 0.6 is 0 Å². The van der Waals surface area contributed by atoms with E-state index in [-0.39, 0.29) is 30.4 Å². The van der Waals surface area contributed by atoms with E-state index in [2.05, 4.69) is 47.2 Å². The fourth-order valence-electron chi connectivity index (χ4n) is 5.44. The Hall–Kier alpha value is -2.90. The number of urea groups is 1. The number of hydrogen-bond donors (Lipinski definition) is 1. The molecule has 0 bridgehead atoms. The van der Waals surface area contributed by atoms with Gasteiger partial charge in [-0.05, 0) is 56.0 Å². The fourth-order valence-corrected chi connectivity index (χ4v) is 5.44. The second kappa shape index (κ2) is 7.90. The Morgan fingerprint density at radius 2 is 1.72 bits per heavy atom. The first-order valence-electron chi connectivity index (χ1n) is 11.3. The third-order valence-corrected chi connectivity index (χ3v) is 6.83. The number of fused-ring (bicyclic) bond motifs is 3. The molecule has 3 heterocycles. The molecular weight excluding hydrogens is 402 g/mol. The first-order chi connectivity index (χ1) is 15.3. The van der Waals surface area contributed by atoms with E-state index in [0.717, 1.165) is 36.3 Å². The van der Waals surface area contributed by atoms with E-state index in [1.807, 2.05) is 31.2 Å². The zero-order valence-corrected chi connectivity index (χ0v) is 19.2. The number of hydrogen-bond acceptors (Lipinski definition) is 5. The van der Waals surface area contributed by atoms with E-state index in [1.165, 1.54) is 16.0 Å². The van der Waals surface area contributed by atoms with Crippen molar-refractivity contribution in [3.8, 4) is 0 Å². The summed E-state index contributed by atoms with van der Waals surface area (Å²) in [4.78, 5) is 34.5. The normalized spacial score (nSPS) is 25.9. The summed E-state index contributed by atoms with van der Waals surface area (Å²) < 4.78 is 0. The third-order valence-electron chi connectivity index (χ3n) is 6.83. The van der Waals surface area contributed by atoms with Crippen molar-refractivity contribution in [1.29, 1.82) is 0 Å². The number of benzene rings is 2. The van der Waals surface area contributed by atoms with Crippen LogP contribution in [0.25, 0.3) is 0 Å². The van der Waals surface area contributed by atoms with Gasteiger partial charge in [0.15, 0.2) is 0 Å². The molecule has 168 valence electrons. The Balaban J connectivity index is 1.45. The summed E-state index contributed by atoms with van der Waals surface area (Å²) >= 11 is 0. The number of anilines is 1. The quantitative estimate of drug-likeness (QED) is 0.807. The molecule has 1 N–H and O–H groups in total. The van der Waals surface area contributed by atoms with Gasteiger partial charge in [-0.1, -0.05) is 35.9 Å². The molecule has 0 aromatic heterocycles. The lowest BCUT2D eigenvalue weighted by Crippen LogP contribution is -2.66. The molecule has 3 atom stereocenters. The smallest absolute Gasteiger partial charge is 0.328 e. The van der Waals surface area contributed by atoms with Crippen molar-refractivity contribution in [3.63, 3.8) is 0 Å². The lowest BCUT2D eigenvalue weighted by atomic mass is 10.1. The first kappa shape index (κ1) is 21.0. The third kappa shape index (κ3) is 3.45. The number of carbonyl (C=O) groups is 2. The van der Waals surface area contributed by atoms with Crippen LogP contribution in [0.3, 0.4) is 0 Å². The molecule has 3 unspecified atom stereocenters. The lowest BCUT2D eigenvalue weighted by molar-refractivity contribution is -0.139. The van der Waals surface area contributed by atoms with Crippen molar-refractivity contribution in [2.45, 2.75) is 52.2 Å².